The number of nitrogens with zero attached hydrogens (tertiary/aromatic N) is 3. The van der Waals surface area contributed by atoms with Crippen molar-refractivity contribution in [3.05, 3.63) is 46.2 Å². The van der Waals surface area contributed by atoms with Crippen molar-refractivity contribution in [2.75, 3.05) is 49.6 Å². The lowest BCUT2D eigenvalue weighted by molar-refractivity contribution is 0.0955. The first-order chi connectivity index (χ1) is 12.6. The molecule has 2 aromatic rings. The fourth-order valence-electron chi connectivity index (χ4n) is 2.54. The van der Waals surface area contributed by atoms with E-state index in [-0.39, 0.29) is 5.91 Å². The predicted molar refractivity (Wildman–Crippen MR) is 102 cm³/mol. The zero-order valence-corrected chi connectivity index (χ0v) is 15.6. The van der Waals surface area contributed by atoms with Gasteiger partial charge in [0.15, 0.2) is 0 Å². The molecule has 1 aliphatic heterocycles. The summed E-state index contributed by atoms with van der Waals surface area (Å²) in [5.41, 5.74) is 0.396. The molecule has 2 N–H and O–H groups in total. The van der Waals surface area contributed by atoms with E-state index in [1.165, 1.54) is 6.33 Å². The number of hydrogen-bond donors (Lipinski definition) is 2. The minimum Gasteiger partial charge on any atom is -0.378 e. The fourth-order valence-corrected chi connectivity index (χ4v) is 3.04. The number of halogens is 2. The number of rotatable bonds is 6. The van der Waals surface area contributed by atoms with Gasteiger partial charge in [0.1, 0.15) is 18.0 Å². The van der Waals surface area contributed by atoms with E-state index in [1.54, 1.807) is 18.2 Å². The molecule has 1 aromatic carbocycles. The molecule has 3 rings (SSSR count). The summed E-state index contributed by atoms with van der Waals surface area (Å²) in [4.78, 5) is 22.8. The molecule has 2 heterocycles. The maximum atomic E-state index is 12.1. The Morgan fingerprint density at radius 2 is 1.96 bits per heavy atom. The van der Waals surface area contributed by atoms with Gasteiger partial charge in [-0.1, -0.05) is 23.2 Å². The molecule has 0 radical (unpaired) electrons. The third-order valence-corrected chi connectivity index (χ3v) is 4.43. The van der Waals surface area contributed by atoms with E-state index in [0.717, 1.165) is 18.9 Å². The quantitative estimate of drug-likeness (QED) is 0.731. The fraction of sp³-hybridized carbons (Fsp3) is 0.353. The van der Waals surface area contributed by atoms with Gasteiger partial charge in [0.05, 0.1) is 23.8 Å². The topological polar surface area (TPSA) is 79.4 Å². The van der Waals surface area contributed by atoms with Crippen LogP contribution in [-0.4, -0.2) is 55.3 Å². The van der Waals surface area contributed by atoms with Gasteiger partial charge in [0, 0.05) is 37.3 Å². The van der Waals surface area contributed by atoms with E-state index in [9.17, 15) is 4.79 Å². The zero-order valence-electron chi connectivity index (χ0n) is 14.0. The SMILES string of the molecule is O=C(NCCNc1cc(N2CCOCC2)ncn1)c1ccc(Cl)cc1Cl. The molecule has 0 saturated carbocycles. The molecule has 1 fully saturated rings. The standard InChI is InChI=1S/C17H19Cl2N5O2/c18-12-1-2-13(14(19)9-12)17(25)21-4-3-20-15-10-16(23-11-22-15)24-5-7-26-8-6-24/h1-2,9-11H,3-8H2,(H,21,25)(H,20,22,23). The van der Waals surface area contributed by atoms with Gasteiger partial charge in [-0.3, -0.25) is 4.79 Å². The maximum absolute atomic E-state index is 12.1. The first-order valence-corrected chi connectivity index (χ1v) is 9.01. The van der Waals surface area contributed by atoms with Crippen molar-refractivity contribution < 1.29 is 9.53 Å². The Kier molecular flexibility index (Phi) is 6.49. The normalized spacial score (nSPS) is 14.2. The summed E-state index contributed by atoms with van der Waals surface area (Å²) in [7, 11) is 0. The summed E-state index contributed by atoms with van der Waals surface area (Å²) in [6.07, 6.45) is 1.53. The lowest BCUT2D eigenvalue weighted by Gasteiger charge is -2.27. The Balaban J connectivity index is 1.48. The van der Waals surface area contributed by atoms with E-state index in [0.29, 0.717) is 47.7 Å². The number of aromatic nitrogens is 2. The van der Waals surface area contributed by atoms with Crippen LogP contribution in [0.5, 0.6) is 0 Å². The molecule has 0 bridgehead atoms. The van der Waals surface area contributed by atoms with E-state index in [1.807, 2.05) is 6.07 Å². The predicted octanol–water partition coefficient (Wildman–Crippen LogP) is 2.46. The molecule has 9 heteroatoms. The highest BCUT2D eigenvalue weighted by Crippen LogP contribution is 2.20. The number of carbonyl (C=O) groups is 1. The number of hydrogen-bond acceptors (Lipinski definition) is 6. The number of carbonyl (C=O) groups excluding carboxylic acids is 1. The largest absolute Gasteiger partial charge is 0.378 e. The summed E-state index contributed by atoms with van der Waals surface area (Å²) in [6.45, 7) is 3.98. The van der Waals surface area contributed by atoms with Gasteiger partial charge in [0.25, 0.3) is 5.91 Å². The van der Waals surface area contributed by atoms with Gasteiger partial charge in [-0.2, -0.15) is 0 Å². The third-order valence-electron chi connectivity index (χ3n) is 3.88. The summed E-state index contributed by atoms with van der Waals surface area (Å²) in [5, 5.41) is 6.81. The average molecular weight is 396 g/mol. The van der Waals surface area contributed by atoms with Crippen LogP contribution in [0.3, 0.4) is 0 Å². The van der Waals surface area contributed by atoms with Crippen LogP contribution < -0.4 is 15.5 Å². The number of benzene rings is 1. The molecule has 138 valence electrons. The summed E-state index contributed by atoms with van der Waals surface area (Å²) in [5.74, 6) is 1.33. The van der Waals surface area contributed by atoms with Crippen LogP contribution in [0.2, 0.25) is 10.0 Å². The summed E-state index contributed by atoms with van der Waals surface area (Å²) >= 11 is 11.9. The highest BCUT2D eigenvalue weighted by atomic mass is 35.5. The third kappa shape index (κ3) is 4.97. The van der Waals surface area contributed by atoms with E-state index in [4.69, 9.17) is 27.9 Å². The van der Waals surface area contributed by atoms with Crippen molar-refractivity contribution in [1.29, 1.82) is 0 Å². The highest BCUT2D eigenvalue weighted by Gasteiger charge is 2.13. The number of amides is 1. The second-order valence-electron chi connectivity index (χ2n) is 5.67. The molecule has 26 heavy (non-hydrogen) atoms. The molecular weight excluding hydrogens is 377 g/mol. The van der Waals surface area contributed by atoms with Crippen LogP contribution in [0.15, 0.2) is 30.6 Å². The van der Waals surface area contributed by atoms with Gasteiger partial charge >= 0.3 is 0 Å². The van der Waals surface area contributed by atoms with Crippen LogP contribution in [-0.2, 0) is 4.74 Å². The van der Waals surface area contributed by atoms with E-state index < -0.39 is 0 Å². The monoisotopic (exact) mass is 395 g/mol. The number of ether oxygens (including phenoxy) is 1. The Bertz CT molecular complexity index is 769. The van der Waals surface area contributed by atoms with Gasteiger partial charge in [0.2, 0.25) is 0 Å². The summed E-state index contributed by atoms with van der Waals surface area (Å²) in [6, 6.07) is 6.68. The summed E-state index contributed by atoms with van der Waals surface area (Å²) < 4.78 is 5.35. The zero-order chi connectivity index (χ0) is 18.4. The molecule has 1 aromatic heterocycles. The Labute approximate surface area is 161 Å². The first kappa shape index (κ1) is 18.7. The van der Waals surface area contributed by atoms with Crippen molar-refractivity contribution in [2.45, 2.75) is 0 Å². The Morgan fingerprint density at radius 1 is 1.15 bits per heavy atom. The molecule has 0 unspecified atom stereocenters. The van der Waals surface area contributed by atoms with Crippen molar-refractivity contribution in [1.82, 2.24) is 15.3 Å². The minimum atomic E-state index is -0.245. The van der Waals surface area contributed by atoms with Crippen LogP contribution in [0.25, 0.3) is 0 Å². The lowest BCUT2D eigenvalue weighted by Crippen LogP contribution is -2.36. The molecule has 7 nitrogen and oxygen atoms in total. The smallest absolute Gasteiger partial charge is 0.252 e. The molecule has 1 aliphatic rings. The van der Waals surface area contributed by atoms with Crippen LogP contribution in [0, 0.1) is 0 Å². The van der Waals surface area contributed by atoms with Crippen LogP contribution in [0.4, 0.5) is 11.6 Å². The molecule has 1 amide bonds. The van der Waals surface area contributed by atoms with Crippen LogP contribution in [0.1, 0.15) is 10.4 Å². The average Bonchev–Trinajstić information content (AvgIpc) is 2.66. The van der Waals surface area contributed by atoms with Gasteiger partial charge in [-0.15, -0.1) is 0 Å². The number of anilines is 2. The van der Waals surface area contributed by atoms with E-state index in [2.05, 4.69) is 25.5 Å². The first-order valence-electron chi connectivity index (χ1n) is 8.25. The van der Waals surface area contributed by atoms with Crippen LogP contribution >= 0.6 is 23.2 Å². The lowest BCUT2D eigenvalue weighted by atomic mass is 10.2. The van der Waals surface area contributed by atoms with Gasteiger partial charge in [-0.05, 0) is 18.2 Å². The molecule has 0 aliphatic carbocycles. The van der Waals surface area contributed by atoms with Crippen molar-refractivity contribution in [3.8, 4) is 0 Å². The molecule has 0 spiro atoms. The minimum absolute atomic E-state index is 0.245. The van der Waals surface area contributed by atoms with Gasteiger partial charge in [-0.25, -0.2) is 9.97 Å². The Morgan fingerprint density at radius 3 is 2.73 bits per heavy atom. The second-order valence-corrected chi connectivity index (χ2v) is 6.51. The maximum Gasteiger partial charge on any atom is 0.252 e. The van der Waals surface area contributed by atoms with Gasteiger partial charge < -0.3 is 20.3 Å². The second kappa shape index (κ2) is 9.02. The number of nitrogens with one attached hydrogen (secondary N) is 2. The molecule has 0 atom stereocenters. The highest BCUT2D eigenvalue weighted by molar-refractivity contribution is 6.36. The molecule has 1 saturated heterocycles. The molecular formula is C17H19Cl2N5O2. The Hall–Kier alpha value is -2.09. The van der Waals surface area contributed by atoms with Crippen molar-refractivity contribution in [2.24, 2.45) is 0 Å². The van der Waals surface area contributed by atoms with Crippen molar-refractivity contribution >= 4 is 40.7 Å². The van der Waals surface area contributed by atoms with Crippen molar-refractivity contribution in [3.63, 3.8) is 0 Å². The number of morpholine rings is 1. The van der Waals surface area contributed by atoms with E-state index >= 15 is 0 Å².